The van der Waals surface area contributed by atoms with Crippen molar-refractivity contribution in [3.63, 3.8) is 0 Å². The molecule has 3 rings (SSSR count). The Labute approximate surface area is 155 Å². The fraction of sp³-hybridized carbons (Fsp3) is 0.455. The highest BCUT2D eigenvalue weighted by atomic mass is 16.3. The normalized spacial score (nSPS) is 11.3. The summed E-state index contributed by atoms with van der Waals surface area (Å²) in [5.74, 6) is 0.240. The molecule has 4 heteroatoms. The van der Waals surface area contributed by atoms with Crippen LogP contribution in [0.15, 0.2) is 36.4 Å². The van der Waals surface area contributed by atoms with Gasteiger partial charge in [0.15, 0.2) is 0 Å². The maximum atomic E-state index is 10.4. The third-order valence-electron chi connectivity index (χ3n) is 4.93. The monoisotopic (exact) mass is 351 g/mol. The summed E-state index contributed by atoms with van der Waals surface area (Å²) >= 11 is 0. The van der Waals surface area contributed by atoms with E-state index in [2.05, 4.69) is 42.2 Å². The minimum Gasteiger partial charge on any atom is -0.506 e. The van der Waals surface area contributed by atoms with Gasteiger partial charge < -0.3 is 5.11 Å². The summed E-state index contributed by atoms with van der Waals surface area (Å²) in [5, 5.41) is 19.5. The molecule has 26 heavy (non-hydrogen) atoms. The fourth-order valence-corrected chi connectivity index (χ4v) is 3.29. The molecule has 1 N–H and O–H groups in total. The van der Waals surface area contributed by atoms with Crippen LogP contribution in [0.2, 0.25) is 0 Å². The molecule has 0 aliphatic heterocycles. The summed E-state index contributed by atoms with van der Waals surface area (Å²) in [6, 6.07) is 12.0. The van der Waals surface area contributed by atoms with Crippen LogP contribution in [0.25, 0.3) is 16.7 Å². The Morgan fingerprint density at radius 2 is 1.54 bits per heavy atom. The average Bonchev–Trinajstić information content (AvgIpc) is 3.07. The molecule has 0 amide bonds. The van der Waals surface area contributed by atoms with E-state index < -0.39 is 0 Å². The van der Waals surface area contributed by atoms with Gasteiger partial charge in [-0.05, 0) is 54.7 Å². The number of unbranched alkanes of at least 4 members (excludes halogenated alkanes) is 5. The Balaban J connectivity index is 1.67. The fourth-order valence-electron chi connectivity index (χ4n) is 3.29. The van der Waals surface area contributed by atoms with Gasteiger partial charge in [-0.3, -0.25) is 0 Å². The van der Waals surface area contributed by atoms with Crippen molar-refractivity contribution in [3.05, 3.63) is 47.5 Å². The maximum absolute atomic E-state index is 10.4. The zero-order chi connectivity index (χ0) is 18.4. The number of hydrogen-bond donors (Lipinski definition) is 1. The second-order valence-corrected chi connectivity index (χ2v) is 7.01. The number of aryl methyl sites for hydroxylation is 2. The average molecular weight is 351 g/mol. The number of fused-ring (bicyclic) bond motifs is 1. The highest BCUT2D eigenvalue weighted by Gasteiger charge is 2.10. The number of phenols is 1. The lowest BCUT2D eigenvalue weighted by Gasteiger charge is -2.06. The molecule has 0 radical (unpaired) electrons. The molecule has 0 saturated heterocycles. The zero-order valence-corrected chi connectivity index (χ0v) is 15.9. The number of phenolic OH excluding ortho intramolecular Hbond substituents is 1. The van der Waals surface area contributed by atoms with Gasteiger partial charge in [0, 0.05) is 0 Å². The predicted octanol–water partition coefficient (Wildman–Crippen LogP) is 5.59. The van der Waals surface area contributed by atoms with Gasteiger partial charge >= 0.3 is 0 Å². The summed E-state index contributed by atoms with van der Waals surface area (Å²) in [6.07, 6.45) is 9.67. The number of rotatable bonds is 9. The minimum atomic E-state index is 0.240. The quantitative estimate of drug-likeness (QED) is 0.511. The van der Waals surface area contributed by atoms with Gasteiger partial charge in [-0.25, -0.2) is 0 Å². The van der Waals surface area contributed by atoms with Crippen molar-refractivity contribution in [3.8, 4) is 11.4 Å². The number of nitrogens with zero attached hydrogens (tertiary/aromatic N) is 3. The van der Waals surface area contributed by atoms with Crippen LogP contribution in [-0.2, 0) is 12.8 Å². The van der Waals surface area contributed by atoms with Crippen molar-refractivity contribution in [2.45, 2.75) is 65.2 Å². The molecule has 1 aromatic heterocycles. The van der Waals surface area contributed by atoms with Gasteiger partial charge in [-0.15, -0.1) is 15.0 Å². The molecule has 1 heterocycles. The van der Waals surface area contributed by atoms with Crippen LogP contribution in [0.3, 0.4) is 0 Å². The predicted molar refractivity (Wildman–Crippen MR) is 107 cm³/mol. The van der Waals surface area contributed by atoms with E-state index in [-0.39, 0.29) is 5.75 Å². The Morgan fingerprint density at radius 3 is 2.31 bits per heavy atom. The van der Waals surface area contributed by atoms with Gasteiger partial charge in [0.05, 0.1) is 0 Å². The lowest BCUT2D eigenvalue weighted by atomic mass is 10.0. The molecule has 0 bridgehead atoms. The van der Waals surface area contributed by atoms with Crippen LogP contribution in [0, 0.1) is 0 Å². The van der Waals surface area contributed by atoms with Crippen molar-refractivity contribution in [1.82, 2.24) is 15.0 Å². The molecule has 0 aliphatic carbocycles. The first-order valence-corrected chi connectivity index (χ1v) is 9.89. The van der Waals surface area contributed by atoms with Gasteiger partial charge in [0.25, 0.3) is 0 Å². The largest absolute Gasteiger partial charge is 0.506 e. The van der Waals surface area contributed by atoms with Crippen LogP contribution in [0.5, 0.6) is 5.75 Å². The maximum Gasteiger partial charge on any atom is 0.143 e. The highest BCUT2D eigenvalue weighted by Crippen LogP contribution is 2.24. The van der Waals surface area contributed by atoms with E-state index in [0.29, 0.717) is 5.69 Å². The van der Waals surface area contributed by atoms with Crippen molar-refractivity contribution < 1.29 is 5.11 Å². The minimum absolute atomic E-state index is 0.240. The van der Waals surface area contributed by atoms with Crippen LogP contribution in [0.4, 0.5) is 0 Å². The van der Waals surface area contributed by atoms with E-state index in [0.717, 1.165) is 23.9 Å². The molecule has 0 aliphatic rings. The van der Waals surface area contributed by atoms with Gasteiger partial charge in [-0.2, -0.15) is 0 Å². The molecule has 2 aromatic carbocycles. The van der Waals surface area contributed by atoms with Gasteiger partial charge in [-0.1, -0.05) is 58.1 Å². The van der Waals surface area contributed by atoms with E-state index in [4.69, 9.17) is 0 Å². The van der Waals surface area contributed by atoms with Crippen molar-refractivity contribution in [1.29, 1.82) is 0 Å². The number of hydrogen-bond acceptors (Lipinski definition) is 3. The SMILES string of the molecule is CCCCCCCCc1ccc(-n2nc3ccc(CC)cc3n2)c(O)c1. The van der Waals surface area contributed by atoms with Gasteiger partial charge in [0.1, 0.15) is 22.5 Å². The summed E-state index contributed by atoms with van der Waals surface area (Å²) in [4.78, 5) is 1.54. The molecule has 0 unspecified atom stereocenters. The van der Waals surface area contributed by atoms with Crippen molar-refractivity contribution >= 4 is 11.0 Å². The molecular weight excluding hydrogens is 322 g/mol. The van der Waals surface area contributed by atoms with Crippen LogP contribution < -0.4 is 0 Å². The molecule has 0 fully saturated rings. The second-order valence-electron chi connectivity index (χ2n) is 7.01. The first-order valence-electron chi connectivity index (χ1n) is 9.89. The molecule has 3 aromatic rings. The van der Waals surface area contributed by atoms with E-state index in [9.17, 15) is 5.11 Å². The highest BCUT2D eigenvalue weighted by molar-refractivity contribution is 5.74. The Morgan fingerprint density at radius 1 is 0.808 bits per heavy atom. The van der Waals surface area contributed by atoms with Crippen LogP contribution in [0.1, 0.15) is 63.5 Å². The Bertz CT molecular complexity index is 854. The van der Waals surface area contributed by atoms with Crippen LogP contribution in [-0.4, -0.2) is 20.1 Å². The first-order chi connectivity index (χ1) is 12.7. The lowest BCUT2D eigenvalue weighted by molar-refractivity contribution is 0.466. The number of aromatic nitrogens is 3. The Kier molecular flexibility index (Phi) is 6.26. The standard InChI is InChI=1S/C22H29N3O/c1-3-5-6-7-8-9-10-18-12-14-21(22(26)16-18)25-23-19-13-11-17(4-2)15-20(19)24-25/h11-16,26H,3-10H2,1-2H3. The second kappa shape index (κ2) is 8.84. The third kappa shape index (κ3) is 4.43. The van der Waals surface area contributed by atoms with Gasteiger partial charge in [0.2, 0.25) is 0 Å². The lowest BCUT2D eigenvalue weighted by Crippen LogP contribution is -1.99. The van der Waals surface area contributed by atoms with Crippen molar-refractivity contribution in [2.24, 2.45) is 0 Å². The van der Waals surface area contributed by atoms with E-state index in [1.165, 1.54) is 54.4 Å². The molecule has 4 nitrogen and oxygen atoms in total. The smallest absolute Gasteiger partial charge is 0.143 e. The topological polar surface area (TPSA) is 50.9 Å². The third-order valence-corrected chi connectivity index (χ3v) is 4.93. The molecular formula is C22H29N3O. The molecule has 0 atom stereocenters. The number of aromatic hydroxyl groups is 1. The number of benzene rings is 2. The van der Waals surface area contributed by atoms with E-state index >= 15 is 0 Å². The summed E-state index contributed by atoms with van der Waals surface area (Å²) < 4.78 is 0. The summed E-state index contributed by atoms with van der Waals surface area (Å²) in [6.45, 7) is 4.37. The van der Waals surface area contributed by atoms with E-state index in [1.54, 1.807) is 0 Å². The summed E-state index contributed by atoms with van der Waals surface area (Å²) in [5.41, 5.74) is 4.75. The summed E-state index contributed by atoms with van der Waals surface area (Å²) in [7, 11) is 0. The van der Waals surface area contributed by atoms with E-state index in [1.807, 2.05) is 18.2 Å². The van der Waals surface area contributed by atoms with Crippen LogP contribution >= 0.6 is 0 Å². The molecule has 138 valence electrons. The first kappa shape index (κ1) is 18.4. The molecule has 0 saturated carbocycles. The zero-order valence-electron chi connectivity index (χ0n) is 15.9. The Hall–Kier alpha value is -2.36. The van der Waals surface area contributed by atoms with Crippen molar-refractivity contribution in [2.75, 3.05) is 0 Å². The molecule has 0 spiro atoms.